The van der Waals surface area contributed by atoms with Crippen LogP contribution in [0.25, 0.3) is 0 Å². The standard InChI is InChI=1S/C24H17N3O3/c28-22(17-12-6-2-7-13-17)27-21-19(20(25-27)16-10-4-1-5-11-16)23(29)26(24(21)30)18-14-8-3-9-15-18/h1-15,19,21H/t19-,21+/m1/s1. The summed E-state index contributed by atoms with van der Waals surface area (Å²) >= 11 is 0. The average Bonchev–Trinajstić information content (AvgIpc) is 3.32. The fraction of sp³-hybridized carbons (Fsp3) is 0.0833. The molecule has 3 amide bonds. The molecular weight excluding hydrogens is 378 g/mol. The third-order valence-corrected chi connectivity index (χ3v) is 5.36. The number of amides is 3. The van der Waals surface area contributed by atoms with E-state index in [9.17, 15) is 14.4 Å². The Labute approximate surface area is 173 Å². The maximum atomic E-state index is 13.4. The van der Waals surface area contributed by atoms with Crippen molar-refractivity contribution in [1.29, 1.82) is 0 Å². The van der Waals surface area contributed by atoms with Gasteiger partial charge in [0.25, 0.3) is 11.8 Å². The van der Waals surface area contributed by atoms with Crippen LogP contribution in [0.2, 0.25) is 0 Å². The molecule has 0 spiro atoms. The van der Waals surface area contributed by atoms with E-state index < -0.39 is 23.8 Å². The van der Waals surface area contributed by atoms with Crippen molar-refractivity contribution < 1.29 is 14.4 Å². The molecule has 0 bridgehead atoms. The fourth-order valence-corrected chi connectivity index (χ4v) is 3.97. The second kappa shape index (κ2) is 7.08. The van der Waals surface area contributed by atoms with E-state index in [4.69, 9.17) is 0 Å². The monoisotopic (exact) mass is 395 g/mol. The number of hydrogen-bond donors (Lipinski definition) is 0. The highest BCUT2D eigenvalue weighted by molar-refractivity contribution is 6.33. The van der Waals surface area contributed by atoms with Gasteiger partial charge in [-0.25, -0.2) is 9.91 Å². The van der Waals surface area contributed by atoms with Gasteiger partial charge >= 0.3 is 0 Å². The van der Waals surface area contributed by atoms with E-state index in [1.54, 1.807) is 48.5 Å². The zero-order valence-corrected chi connectivity index (χ0v) is 15.9. The van der Waals surface area contributed by atoms with Gasteiger partial charge in [-0.2, -0.15) is 5.10 Å². The Morgan fingerprint density at radius 1 is 0.733 bits per heavy atom. The molecule has 0 N–H and O–H groups in total. The zero-order chi connectivity index (χ0) is 20.7. The SMILES string of the molecule is O=C1[C@@H]2C(c3ccccc3)=NN(C(=O)c3ccccc3)[C@@H]2C(=O)N1c1ccccc1. The molecule has 0 unspecified atom stereocenters. The molecule has 3 aromatic rings. The van der Waals surface area contributed by atoms with Gasteiger partial charge in [-0.3, -0.25) is 14.4 Å². The second-order valence-electron chi connectivity index (χ2n) is 7.14. The number of benzene rings is 3. The zero-order valence-electron chi connectivity index (χ0n) is 15.9. The van der Waals surface area contributed by atoms with Crippen LogP contribution in [-0.2, 0) is 9.59 Å². The van der Waals surface area contributed by atoms with E-state index in [0.717, 1.165) is 4.90 Å². The van der Waals surface area contributed by atoms with Crippen molar-refractivity contribution in [1.82, 2.24) is 5.01 Å². The molecule has 0 aromatic heterocycles. The average molecular weight is 395 g/mol. The molecule has 30 heavy (non-hydrogen) atoms. The lowest BCUT2D eigenvalue weighted by atomic mass is 9.93. The van der Waals surface area contributed by atoms with E-state index in [2.05, 4.69) is 5.10 Å². The van der Waals surface area contributed by atoms with Gasteiger partial charge in [-0.05, 0) is 29.8 Å². The fourth-order valence-electron chi connectivity index (χ4n) is 3.97. The Kier molecular flexibility index (Phi) is 4.25. The number of hydrogen-bond acceptors (Lipinski definition) is 4. The van der Waals surface area contributed by atoms with E-state index in [1.165, 1.54) is 5.01 Å². The van der Waals surface area contributed by atoms with E-state index in [0.29, 0.717) is 22.5 Å². The molecule has 0 aliphatic carbocycles. The van der Waals surface area contributed by atoms with Crippen LogP contribution in [-0.4, -0.2) is 34.5 Å². The summed E-state index contributed by atoms with van der Waals surface area (Å²) in [5.41, 5.74) is 2.04. The van der Waals surface area contributed by atoms with Crippen molar-refractivity contribution in [3.05, 3.63) is 102 Å². The maximum Gasteiger partial charge on any atom is 0.274 e. The van der Waals surface area contributed by atoms with Crippen LogP contribution >= 0.6 is 0 Å². The largest absolute Gasteiger partial charge is 0.274 e. The number of imide groups is 1. The Hall–Kier alpha value is -4.06. The summed E-state index contributed by atoms with van der Waals surface area (Å²) in [6, 6.07) is 25.6. The van der Waals surface area contributed by atoms with Crippen LogP contribution in [0.15, 0.2) is 96.1 Å². The van der Waals surface area contributed by atoms with Gasteiger partial charge in [0.15, 0.2) is 6.04 Å². The van der Waals surface area contributed by atoms with Crippen LogP contribution in [0.5, 0.6) is 0 Å². The molecule has 6 heteroatoms. The van der Waals surface area contributed by atoms with Crippen molar-refractivity contribution in [3.63, 3.8) is 0 Å². The highest BCUT2D eigenvalue weighted by atomic mass is 16.2. The summed E-state index contributed by atoms with van der Waals surface area (Å²) in [6.45, 7) is 0. The topological polar surface area (TPSA) is 70.0 Å². The van der Waals surface area contributed by atoms with Crippen LogP contribution in [0.3, 0.4) is 0 Å². The van der Waals surface area contributed by atoms with Crippen LogP contribution in [0, 0.1) is 5.92 Å². The first-order valence-electron chi connectivity index (χ1n) is 9.62. The Balaban J connectivity index is 1.62. The Morgan fingerprint density at radius 2 is 1.30 bits per heavy atom. The quantitative estimate of drug-likeness (QED) is 0.640. The van der Waals surface area contributed by atoms with Crippen molar-refractivity contribution >= 4 is 29.1 Å². The minimum Gasteiger partial charge on any atom is -0.273 e. The van der Waals surface area contributed by atoms with Gasteiger partial charge in [0.2, 0.25) is 5.91 Å². The molecule has 5 rings (SSSR count). The van der Waals surface area contributed by atoms with Gasteiger partial charge in [-0.15, -0.1) is 0 Å². The second-order valence-corrected chi connectivity index (χ2v) is 7.14. The summed E-state index contributed by atoms with van der Waals surface area (Å²) < 4.78 is 0. The molecule has 2 aliphatic rings. The lowest BCUT2D eigenvalue weighted by Crippen LogP contribution is -2.42. The molecule has 0 saturated carbocycles. The van der Waals surface area contributed by atoms with Gasteiger partial charge in [0.1, 0.15) is 5.92 Å². The molecule has 3 aromatic carbocycles. The normalized spacial score (nSPS) is 20.3. The van der Waals surface area contributed by atoms with Crippen molar-refractivity contribution in [2.75, 3.05) is 4.90 Å². The van der Waals surface area contributed by atoms with Gasteiger partial charge < -0.3 is 0 Å². The first kappa shape index (κ1) is 18.0. The van der Waals surface area contributed by atoms with Gasteiger partial charge in [0, 0.05) is 5.56 Å². The van der Waals surface area contributed by atoms with Crippen LogP contribution in [0.4, 0.5) is 5.69 Å². The highest BCUT2D eigenvalue weighted by Crippen LogP contribution is 2.37. The number of carbonyl (C=O) groups is 3. The number of hydrazone groups is 1. The van der Waals surface area contributed by atoms with Crippen molar-refractivity contribution in [3.8, 4) is 0 Å². The Bertz CT molecular complexity index is 1160. The molecule has 1 fully saturated rings. The molecule has 2 heterocycles. The third-order valence-electron chi connectivity index (χ3n) is 5.36. The smallest absolute Gasteiger partial charge is 0.273 e. The van der Waals surface area contributed by atoms with E-state index in [1.807, 2.05) is 42.5 Å². The first-order chi connectivity index (χ1) is 14.7. The number of nitrogens with zero attached hydrogens (tertiary/aromatic N) is 3. The molecule has 146 valence electrons. The number of anilines is 1. The number of para-hydroxylation sites is 1. The lowest BCUT2D eigenvalue weighted by Gasteiger charge is -2.20. The summed E-state index contributed by atoms with van der Waals surface area (Å²) in [6.07, 6.45) is 0. The van der Waals surface area contributed by atoms with Crippen LogP contribution < -0.4 is 4.90 Å². The first-order valence-corrected chi connectivity index (χ1v) is 9.62. The van der Waals surface area contributed by atoms with Crippen molar-refractivity contribution in [2.45, 2.75) is 6.04 Å². The molecule has 6 nitrogen and oxygen atoms in total. The van der Waals surface area contributed by atoms with Gasteiger partial charge in [0.05, 0.1) is 11.4 Å². The summed E-state index contributed by atoms with van der Waals surface area (Å²) in [5.74, 6) is -2.07. The Morgan fingerprint density at radius 3 is 1.93 bits per heavy atom. The predicted octanol–water partition coefficient (Wildman–Crippen LogP) is 3.10. The lowest BCUT2D eigenvalue weighted by molar-refractivity contribution is -0.122. The van der Waals surface area contributed by atoms with Crippen molar-refractivity contribution in [2.24, 2.45) is 11.0 Å². The van der Waals surface area contributed by atoms with Gasteiger partial charge in [-0.1, -0.05) is 66.7 Å². The molecule has 2 aliphatic heterocycles. The number of rotatable bonds is 3. The summed E-state index contributed by atoms with van der Waals surface area (Å²) in [7, 11) is 0. The molecular formula is C24H17N3O3. The molecule has 0 radical (unpaired) electrons. The maximum absolute atomic E-state index is 13.4. The van der Waals surface area contributed by atoms with E-state index >= 15 is 0 Å². The van der Waals surface area contributed by atoms with E-state index in [-0.39, 0.29) is 5.91 Å². The minimum atomic E-state index is -0.999. The number of fused-ring (bicyclic) bond motifs is 1. The summed E-state index contributed by atoms with van der Waals surface area (Å²) in [5, 5.41) is 5.65. The molecule has 2 atom stereocenters. The minimum absolute atomic E-state index is 0.373. The predicted molar refractivity (Wildman–Crippen MR) is 112 cm³/mol. The highest BCUT2D eigenvalue weighted by Gasteiger charge is 2.58. The summed E-state index contributed by atoms with van der Waals surface area (Å²) in [4.78, 5) is 41.1. The molecule has 1 saturated heterocycles. The number of carbonyl (C=O) groups excluding carboxylic acids is 3. The third kappa shape index (κ3) is 2.73. The van der Waals surface area contributed by atoms with Crippen LogP contribution in [0.1, 0.15) is 15.9 Å².